The third kappa shape index (κ3) is 2.45. The zero-order valence-corrected chi connectivity index (χ0v) is 12.4. The number of ether oxygens (including phenoxy) is 1. The van der Waals surface area contributed by atoms with Crippen LogP contribution in [0.25, 0.3) is 0 Å². The monoisotopic (exact) mass is 266 g/mol. The van der Waals surface area contributed by atoms with Crippen molar-refractivity contribution in [3.05, 3.63) is 0 Å². The van der Waals surface area contributed by atoms with Crippen LogP contribution in [0.1, 0.15) is 51.4 Å². The van der Waals surface area contributed by atoms with Crippen LogP contribution in [-0.2, 0) is 4.74 Å². The summed E-state index contributed by atoms with van der Waals surface area (Å²) in [6.07, 6.45) is 11.2. The topological polar surface area (TPSA) is 38.5 Å². The molecule has 3 heteroatoms. The van der Waals surface area contributed by atoms with Crippen LogP contribution < -0.4 is 5.73 Å². The van der Waals surface area contributed by atoms with Gasteiger partial charge in [-0.25, -0.2) is 0 Å². The molecule has 1 aliphatic heterocycles. The zero-order chi connectivity index (χ0) is 13.3. The van der Waals surface area contributed by atoms with Crippen molar-refractivity contribution in [2.75, 3.05) is 26.8 Å². The molecule has 0 aromatic carbocycles. The van der Waals surface area contributed by atoms with Gasteiger partial charge in [0.05, 0.1) is 12.1 Å². The molecule has 0 spiro atoms. The molecular weight excluding hydrogens is 236 g/mol. The molecular formula is C16H30N2O. The summed E-state index contributed by atoms with van der Waals surface area (Å²) < 4.78 is 5.60. The van der Waals surface area contributed by atoms with E-state index in [1.165, 1.54) is 57.9 Å². The first-order chi connectivity index (χ1) is 9.31. The molecule has 2 N–H and O–H groups in total. The van der Waals surface area contributed by atoms with Crippen LogP contribution in [0.15, 0.2) is 0 Å². The maximum atomic E-state index is 6.25. The highest BCUT2D eigenvalue weighted by molar-refractivity contribution is 5.07. The van der Waals surface area contributed by atoms with E-state index in [1.54, 1.807) is 0 Å². The minimum Gasteiger partial charge on any atom is -0.383 e. The molecule has 1 saturated heterocycles. The molecule has 0 radical (unpaired) electrons. The van der Waals surface area contributed by atoms with Gasteiger partial charge >= 0.3 is 0 Å². The van der Waals surface area contributed by atoms with Crippen LogP contribution in [0.3, 0.4) is 0 Å². The summed E-state index contributed by atoms with van der Waals surface area (Å²) in [6.45, 7) is 2.85. The highest BCUT2D eigenvalue weighted by Gasteiger charge is 2.52. The van der Waals surface area contributed by atoms with Crippen LogP contribution in [0.4, 0.5) is 0 Å². The quantitative estimate of drug-likeness (QED) is 0.802. The summed E-state index contributed by atoms with van der Waals surface area (Å²) in [4.78, 5) is 2.80. The number of nitrogens with two attached hydrogens (primary N) is 1. The number of methoxy groups -OCH3 is 1. The lowest BCUT2D eigenvalue weighted by atomic mass is 9.87. The molecule has 2 aliphatic carbocycles. The first-order valence-electron chi connectivity index (χ1n) is 8.27. The predicted molar refractivity (Wildman–Crippen MR) is 78.1 cm³/mol. The van der Waals surface area contributed by atoms with Crippen molar-refractivity contribution in [2.24, 2.45) is 17.6 Å². The van der Waals surface area contributed by atoms with Gasteiger partial charge in [0, 0.05) is 19.7 Å². The van der Waals surface area contributed by atoms with Gasteiger partial charge in [-0.15, -0.1) is 0 Å². The zero-order valence-electron chi connectivity index (χ0n) is 12.4. The lowest BCUT2D eigenvalue weighted by Crippen LogP contribution is -2.61. The minimum atomic E-state index is 0.151. The number of hydrogen-bond donors (Lipinski definition) is 1. The third-order valence-electron chi connectivity index (χ3n) is 5.90. The van der Waals surface area contributed by atoms with Crippen molar-refractivity contribution >= 4 is 0 Å². The van der Waals surface area contributed by atoms with Gasteiger partial charge in [0.1, 0.15) is 0 Å². The van der Waals surface area contributed by atoms with Crippen LogP contribution in [0, 0.1) is 11.8 Å². The van der Waals surface area contributed by atoms with Crippen LogP contribution >= 0.6 is 0 Å². The first kappa shape index (κ1) is 13.8. The molecule has 0 aromatic rings. The summed E-state index contributed by atoms with van der Waals surface area (Å²) in [5.74, 6) is 1.73. The van der Waals surface area contributed by atoms with Crippen molar-refractivity contribution in [3.8, 4) is 0 Å². The molecule has 0 amide bonds. The Morgan fingerprint density at radius 1 is 1.11 bits per heavy atom. The van der Waals surface area contributed by atoms with E-state index in [0.717, 1.165) is 31.0 Å². The normalized spacial score (nSPS) is 32.8. The maximum absolute atomic E-state index is 6.25. The number of nitrogens with zero attached hydrogens (tertiary/aromatic N) is 1. The lowest BCUT2D eigenvalue weighted by molar-refractivity contribution is -0.0212. The Morgan fingerprint density at radius 2 is 1.84 bits per heavy atom. The van der Waals surface area contributed by atoms with E-state index >= 15 is 0 Å². The van der Waals surface area contributed by atoms with E-state index in [4.69, 9.17) is 10.5 Å². The molecule has 2 unspecified atom stereocenters. The Kier molecular flexibility index (Phi) is 4.16. The second-order valence-corrected chi connectivity index (χ2v) is 6.96. The summed E-state index contributed by atoms with van der Waals surface area (Å²) in [7, 11) is 1.84. The summed E-state index contributed by atoms with van der Waals surface area (Å²) >= 11 is 0. The third-order valence-corrected chi connectivity index (χ3v) is 5.90. The van der Waals surface area contributed by atoms with Gasteiger partial charge in [0.2, 0.25) is 0 Å². The Balaban J connectivity index is 1.79. The van der Waals surface area contributed by atoms with Gasteiger partial charge in [0.15, 0.2) is 0 Å². The molecule has 110 valence electrons. The van der Waals surface area contributed by atoms with Crippen molar-refractivity contribution in [2.45, 2.75) is 62.9 Å². The molecule has 0 aromatic heterocycles. The average Bonchev–Trinajstić information content (AvgIpc) is 2.95. The van der Waals surface area contributed by atoms with E-state index in [9.17, 15) is 0 Å². The van der Waals surface area contributed by atoms with E-state index in [0.29, 0.717) is 0 Å². The van der Waals surface area contributed by atoms with Crippen LogP contribution in [0.5, 0.6) is 0 Å². The Labute approximate surface area is 117 Å². The molecule has 3 rings (SSSR count). The van der Waals surface area contributed by atoms with Crippen molar-refractivity contribution in [1.29, 1.82) is 0 Å². The minimum absolute atomic E-state index is 0.151. The SMILES string of the molecule is COCC(CN)(C1CC1)N1CCCC1C1CCCC1. The van der Waals surface area contributed by atoms with Gasteiger partial charge in [-0.2, -0.15) is 0 Å². The first-order valence-corrected chi connectivity index (χ1v) is 8.27. The van der Waals surface area contributed by atoms with Gasteiger partial charge in [-0.05, 0) is 56.9 Å². The number of rotatable bonds is 6. The van der Waals surface area contributed by atoms with Gasteiger partial charge < -0.3 is 10.5 Å². The molecule has 2 atom stereocenters. The fourth-order valence-corrected chi connectivity index (χ4v) is 4.83. The highest BCUT2D eigenvalue weighted by Crippen LogP contribution is 2.47. The fraction of sp³-hybridized carbons (Fsp3) is 1.00. The van der Waals surface area contributed by atoms with E-state index in [-0.39, 0.29) is 5.54 Å². The Hall–Kier alpha value is -0.120. The summed E-state index contributed by atoms with van der Waals surface area (Å²) in [6, 6.07) is 0.793. The Morgan fingerprint density at radius 3 is 2.42 bits per heavy atom. The summed E-state index contributed by atoms with van der Waals surface area (Å²) in [5, 5.41) is 0. The molecule has 0 bridgehead atoms. The van der Waals surface area contributed by atoms with Gasteiger partial charge in [-0.1, -0.05) is 12.8 Å². The lowest BCUT2D eigenvalue weighted by Gasteiger charge is -2.46. The maximum Gasteiger partial charge on any atom is 0.0661 e. The number of likely N-dealkylation sites (tertiary alicyclic amines) is 1. The molecule has 3 nitrogen and oxygen atoms in total. The average molecular weight is 266 g/mol. The standard InChI is InChI=1S/C16H30N2O/c1-19-12-16(11-17,14-8-9-14)18-10-4-7-15(18)13-5-2-3-6-13/h13-15H,2-12,17H2,1H3. The largest absolute Gasteiger partial charge is 0.383 e. The molecule has 19 heavy (non-hydrogen) atoms. The van der Waals surface area contributed by atoms with Gasteiger partial charge in [0.25, 0.3) is 0 Å². The predicted octanol–water partition coefficient (Wildman–Crippen LogP) is 2.39. The van der Waals surface area contributed by atoms with E-state index < -0.39 is 0 Å². The second-order valence-electron chi connectivity index (χ2n) is 6.96. The van der Waals surface area contributed by atoms with Crippen LogP contribution in [-0.4, -0.2) is 43.3 Å². The van der Waals surface area contributed by atoms with Crippen LogP contribution in [0.2, 0.25) is 0 Å². The van der Waals surface area contributed by atoms with Crippen molar-refractivity contribution < 1.29 is 4.74 Å². The molecule has 3 aliphatic rings. The number of hydrogen-bond acceptors (Lipinski definition) is 3. The van der Waals surface area contributed by atoms with Gasteiger partial charge in [-0.3, -0.25) is 4.90 Å². The van der Waals surface area contributed by atoms with E-state index in [2.05, 4.69) is 4.90 Å². The molecule has 3 fully saturated rings. The molecule has 1 heterocycles. The molecule has 2 saturated carbocycles. The smallest absolute Gasteiger partial charge is 0.0661 e. The van der Waals surface area contributed by atoms with Crippen molar-refractivity contribution in [1.82, 2.24) is 4.90 Å². The Bertz CT molecular complexity index is 299. The highest BCUT2D eigenvalue weighted by atomic mass is 16.5. The fourth-order valence-electron chi connectivity index (χ4n) is 4.83. The summed E-state index contributed by atoms with van der Waals surface area (Å²) in [5.41, 5.74) is 6.41. The van der Waals surface area contributed by atoms with E-state index in [1.807, 2.05) is 7.11 Å². The second kappa shape index (κ2) is 5.71. The van der Waals surface area contributed by atoms with Crippen molar-refractivity contribution in [3.63, 3.8) is 0 Å².